The Bertz CT molecular complexity index is 992. The van der Waals surface area contributed by atoms with E-state index in [4.69, 9.17) is 19.3 Å². The summed E-state index contributed by atoms with van der Waals surface area (Å²) >= 11 is 0. The van der Waals surface area contributed by atoms with Crippen LogP contribution in [0.5, 0.6) is 0 Å². The third-order valence-corrected chi connectivity index (χ3v) is 7.25. The summed E-state index contributed by atoms with van der Waals surface area (Å²) in [6.07, 6.45) is 1.18. The molecule has 0 aromatic heterocycles. The standard InChI is InChI=1S/C30H55N7O13/c38-25(19-31-20-27(40)41)32-3-1-13-48-15-17-50-18-16-49-14-2-4-33-26(39)21-34-5-7-35(22-28(42)43)9-11-37(24-30(46)47)12-10-36(8-6-34)23-29(44)45/h31H,1-24H2,(H,32,38)(H,33,39)(H,40,41)(H,42,43)(H,44,45)(H,46,47). The van der Waals surface area contributed by atoms with Gasteiger partial charge < -0.3 is 45.3 Å². The zero-order chi connectivity index (χ0) is 37.0. The van der Waals surface area contributed by atoms with Gasteiger partial charge >= 0.3 is 23.9 Å². The number of carbonyl (C=O) groups is 6. The lowest BCUT2D eigenvalue weighted by molar-refractivity contribution is -0.140. The first-order valence-electron chi connectivity index (χ1n) is 16.7. The molecule has 2 amide bonds. The van der Waals surface area contributed by atoms with Gasteiger partial charge in [-0.05, 0) is 12.8 Å². The molecule has 0 aromatic carbocycles. The summed E-state index contributed by atoms with van der Waals surface area (Å²) in [4.78, 5) is 75.7. The SMILES string of the molecule is O=C(O)CNCC(=O)NCCCOCCOCCOCCCNC(=O)CN1CCN(CC(=O)O)CCN(CC(=O)O)CCN(CC(=O)O)CC1. The lowest BCUT2D eigenvalue weighted by Crippen LogP contribution is -2.49. The van der Waals surface area contributed by atoms with Crippen molar-refractivity contribution >= 4 is 35.7 Å². The van der Waals surface area contributed by atoms with Crippen molar-refractivity contribution in [2.45, 2.75) is 12.8 Å². The van der Waals surface area contributed by atoms with E-state index in [2.05, 4.69) is 16.0 Å². The minimum absolute atomic E-state index is 0.0461. The quantitative estimate of drug-likeness (QED) is 0.0423. The van der Waals surface area contributed by atoms with Gasteiger partial charge in [0.05, 0.1) is 65.7 Å². The smallest absolute Gasteiger partial charge is 0.317 e. The van der Waals surface area contributed by atoms with Crippen molar-refractivity contribution in [3.05, 3.63) is 0 Å². The number of rotatable bonds is 26. The molecule has 0 spiro atoms. The summed E-state index contributed by atoms with van der Waals surface area (Å²) in [6.45, 7) is 4.77. The third-order valence-electron chi connectivity index (χ3n) is 7.25. The molecule has 1 saturated heterocycles. The maximum absolute atomic E-state index is 12.7. The van der Waals surface area contributed by atoms with E-state index < -0.39 is 23.9 Å². The van der Waals surface area contributed by atoms with Crippen LogP contribution in [-0.4, -0.2) is 220 Å². The molecule has 1 aliphatic heterocycles. The topological polar surface area (TPSA) is 260 Å². The number of carboxylic acids is 4. The number of amides is 2. The molecule has 1 fully saturated rings. The molecule has 0 aliphatic carbocycles. The van der Waals surface area contributed by atoms with Crippen LogP contribution in [0.2, 0.25) is 0 Å². The average Bonchev–Trinajstić information content (AvgIpc) is 3.03. The molecule has 0 radical (unpaired) electrons. The molecule has 0 atom stereocenters. The van der Waals surface area contributed by atoms with Crippen LogP contribution in [0, 0.1) is 0 Å². The largest absolute Gasteiger partial charge is 0.480 e. The van der Waals surface area contributed by atoms with Gasteiger partial charge in [0.2, 0.25) is 11.8 Å². The van der Waals surface area contributed by atoms with E-state index in [-0.39, 0.29) is 51.1 Å². The number of aliphatic carboxylic acids is 4. The van der Waals surface area contributed by atoms with E-state index in [0.29, 0.717) is 118 Å². The van der Waals surface area contributed by atoms with E-state index >= 15 is 0 Å². The molecule has 288 valence electrons. The van der Waals surface area contributed by atoms with Crippen molar-refractivity contribution in [3.63, 3.8) is 0 Å². The van der Waals surface area contributed by atoms with E-state index in [9.17, 15) is 44.1 Å². The van der Waals surface area contributed by atoms with Gasteiger partial charge in [-0.2, -0.15) is 0 Å². The van der Waals surface area contributed by atoms with Crippen LogP contribution >= 0.6 is 0 Å². The number of ether oxygens (including phenoxy) is 3. The van der Waals surface area contributed by atoms with Crippen LogP contribution in [0.1, 0.15) is 12.8 Å². The third kappa shape index (κ3) is 26.4. The predicted molar refractivity (Wildman–Crippen MR) is 177 cm³/mol. The minimum Gasteiger partial charge on any atom is -0.480 e. The lowest BCUT2D eigenvalue weighted by atomic mass is 10.3. The fourth-order valence-corrected chi connectivity index (χ4v) is 4.74. The fraction of sp³-hybridized carbons (Fsp3) is 0.800. The van der Waals surface area contributed by atoms with Gasteiger partial charge in [0, 0.05) is 78.7 Å². The minimum atomic E-state index is -1.03. The van der Waals surface area contributed by atoms with Crippen molar-refractivity contribution < 1.29 is 63.4 Å². The van der Waals surface area contributed by atoms with E-state index in [1.54, 1.807) is 14.7 Å². The van der Waals surface area contributed by atoms with Gasteiger partial charge in [0.15, 0.2) is 0 Å². The molecular weight excluding hydrogens is 666 g/mol. The van der Waals surface area contributed by atoms with E-state index in [1.807, 2.05) is 4.90 Å². The summed E-state index contributed by atoms with van der Waals surface area (Å²) < 4.78 is 16.4. The van der Waals surface area contributed by atoms with Gasteiger partial charge in [-0.3, -0.25) is 53.7 Å². The molecular formula is C30H55N7O13. The molecule has 1 aliphatic rings. The second-order valence-corrected chi connectivity index (χ2v) is 11.5. The van der Waals surface area contributed by atoms with Crippen molar-refractivity contribution in [3.8, 4) is 0 Å². The van der Waals surface area contributed by atoms with Crippen molar-refractivity contribution in [2.24, 2.45) is 0 Å². The maximum Gasteiger partial charge on any atom is 0.317 e. The van der Waals surface area contributed by atoms with Gasteiger partial charge in [-0.1, -0.05) is 0 Å². The number of carbonyl (C=O) groups excluding carboxylic acids is 2. The second-order valence-electron chi connectivity index (χ2n) is 11.5. The average molecular weight is 722 g/mol. The number of hydrogen-bond donors (Lipinski definition) is 7. The molecule has 1 heterocycles. The molecule has 0 saturated carbocycles. The first-order chi connectivity index (χ1) is 23.9. The van der Waals surface area contributed by atoms with Crippen molar-refractivity contribution in [1.29, 1.82) is 0 Å². The van der Waals surface area contributed by atoms with Crippen molar-refractivity contribution in [2.75, 3.05) is 144 Å². The number of hydrogen-bond acceptors (Lipinski definition) is 14. The predicted octanol–water partition coefficient (Wildman–Crippen LogP) is -3.80. The zero-order valence-corrected chi connectivity index (χ0v) is 28.7. The first kappa shape index (κ1) is 44.5. The Kier molecular flexibility index (Phi) is 25.1. The molecule has 0 bridgehead atoms. The summed E-state index contributed by atoms with van der Waals surface area (Å²) in [7, 11) is 0. The molecule has 7 N–H and O–H groups in total. The molecule has 0 unspecified atom stereocenters. The number of nitrogens with zero attached hydrogens (tertiary/aromatic N) is 4. The van der Waals surface area contributed by atoms with E-state index in [1.165, 1.54) is 0 Å². The Labute approximate surface area is 291 Å². The van der Waals surface area contributed by atoms with Gasteiger partial charge in [-0.25, -0.2) is 0 Å². The van der Waals surface area contributed by atoms with Crippen LogP contribution in [0.4, 0.5) is 0 Å². The Balaban J connectivity index is 2.27. The van der Waals surface area contributed by atoms with Crippen LogP contribution in [-0.2, 0) is 43.0 Å². The second kappa shape index (κ2) is 28.2. The van der Waals surface area contributed by atoms with Crippen LogP contribution in [0.3, 0.4) is 0 Å². The van der Waals surface area contributed by atoms with Crippen LogP contribution < -0.4 is 16.0 Å². The van der Waals surface area contributed by atoms with Gasteiger partial charge in [0.1, 0.15) is 0 Å². The summed E-state index contributed by atoms with van der Waals surface area (Å²) in [5.41, 5.74) is 0. The highest BCUT2D eigenvalue weighted by molar-refractivity contribution is 5.79. The van der Waals surface area contributed by atoms with Gasteiger partial charge in [0.25, 0.3) is 0 Å². The summed E-state index contributed by atoms with van der Waals surface area (Å²) in [5.74, 6) is -4.59. The highest BCUT2D eigenvalue weighted by atomic mass is 16.5. The Morgan fingerprint density at radius 1 is 0.440 bits per heavy atom. The monoisotopic (exact) mass is 721 g/mol. The van der Waals surface area contributed by atoms with Crippen LogP contribution in [0.15, 0.2) is 0 Å². The fourth-order valence-electron chi connectivity index (χ4n) is 4.74. The Morgan fingerprint density at radius 2 is 0.780 bits per heavy atom. The summed E-state index contributed by atoms with van der Waals surface area (Å²) in [5, 5.41) is 44.5. The highest BCUT2D eigenvalue weighted by Gasteiger charge is 2.21. The molecule has 0 aromatic rings. The van der Waals surface area contributed by atoms with E-state index in [0.717, 1.165) is 0 Å². The Hall–Kier alpha value is -3.50. The normalized spacial score (nSPS) is 15.8. The number of carboxylic acid groups (broad SMARTS) is 4. The highest BCUT2D eigenvalue weighted by Crippen LogP contribution is 2.02. The molecule has 20 nitrogen and oxygen atoms in total. The maximum atomic E-state index is 12.7. The molecule has 20 heteroatoms. The lowest BCUT2D eigenvalue weighted by Gasteiger charge is -2.32. The Morgan fingerprint density at radius 3 is 1.14 bits per heavy atom. The van der Waals surface area contributed by atoms with Gasteiger partial charge in [-0.15, -0.1) is 0 Å². The molecule has 50 heavy (non-hydrogen) atoms. The van der Waals surface area contributed by atoms with Crippen LogP contribution in [0.25, 0.3) is 0 Å². The first-order valence-corrected chi connectivity index (χ1v) is 16.7. The zero-order valence-electron chi connectivity index (χ0n) is 28.7. The van der Waals surface area contributed by atoms with Crippen molar-refractivity contribution in [1.82, 2.24) is 35.6 Å². The number of nitrogens with one attached hydrogen (secondary N) is 3. The summed E-state index contributed by atoms with van der Waals surface area (Å²) in [6, 6.07) is 0. The molecule has 1 rings (SSSR count).